The molecule has 0 radical (unpaired) electrons. The van der Waals surface area contributed by atoms with E-state index in [2.05, 4.69) is 49.4 Å². The largest absolute Gasteiger partial charge is 0.372 e. The molecule has 1 aromatic carbocycles. The molecule has 4 rings (SSSR count). The SMILES string of the molecule is O=C(NCc1ccc(N2CCCCC2)cc1)[C@H]1CCCN(c2ncccn2)C1. The summed E-state index contributed by atoms with van der Waals surface area (Å²) in [6.07, 6.45) is 9.31. The number of hydrogen-bond acceptors (Lipinski definition) is 5. The molecule has 28 heavy (non-hydrogen) atoms. The van der Waals surface area contributed by atoms with Crippen molar-refractivity contribution in [1.82, 2.24) is 15.3 Å². The lowest BCUT2D eigenvalue weighted by atomic mass is 9.97. The molecule has 1 atom stereocenters. The Bertz CT molecular complexity index is 758. The molecule has 0 spiro atoms. The zero-order chi connectivity index (χ0) is 19.2. The van der Waals surface area contributed by atoms with Gasteiger partial charge < -0.3 is 15.1 Å². The van der Waals surface area contributed by atoms with Crippen molar-refractivity contribution >= 4 is 17.5 Å². The molecule has 6 heteroatoms. The summed E-state index contributed by atoms with van der Waals surface area (Å²) < 4.78 is 0. The Morgan fingerprint density at radius 1 is 0.964 bits per heavy atom. The first kappa shape index (κ1) is 18.7. The lowest BCUT2D eigenvalue weighted by Gasteiger charge is -2.32. The minimum Gasteiger partial charge on any atom is -0.372 e. The van der Waals surface area contributed by atoms with Crippen LogP contribution in [0.5, 0.6) is 0 Å². The number of rotatable bonds is 5. The highest BCUT2D eigenvalue weighted by Crippen LogP contribution is 2.22. The van der Waals surface area contributed by atoms with Gasteiger partial charge in [0.2, 0.25) is 11.9 Å². The molecular weight excluding hydrogens is 350 g/mol. The molecule has 0 unspecified atom stereocenters. The van der Waals surface area contributed by atoms with E-state index in [1.807, 2.05) is 6.07 Å². The predicted octanol–water partition coefficient (Wildman–Crippen LogP) is 3.00. The molecule has 0 bridgehead atoms. The van der Waals surface area contributed by atoms with Crippen LogP contribution in [-0.4, -0.2) is 42.1 Å². The van der Waals surface area contributed by atoms with Crippen LogP contribution in [0, 0.1) is 5.92 Å². The summed E-state index contributed by atoms with van der Waals surface area (Å²) in [4.78, 5) is 25.9. The lowest BCUT2D eigenvalue weighted by molar-refractivity contribution is -0.125. The number of piperidine rings is 2. The number of benzene rings is 1. The van der Waals surface area contributed by atoms with Crippen molar-refractivity contribution in [1.29, 1.82) is 0 Å². The van der Waals surface area contributed by atoms with E-state index in [0.29, 0.717) is 19.0 Å². The number of hydrogen-bond donors (Lipinski definition) is 1. The summed E-state index contributed by atoms with van der Waals surface area (Å²) in [6.45, 7) is 4.48. The van der Waals surface area contributed by atoms with Gasteiger partial charge in [0.15, 0.2) is 0 Å². The molecule has 148 valence electrons. The van der Waals surface area contributed by atoms with Gasteiger partial charge in [0.05, 0.1) is 5.92 Å². The van der Waals surface area contributed by atoms with E-state index in [9.17, 15) is 4.79 Å². The van der Waals surface area contributed by atoms with Crippen LogP contribution in [0.2, 0.25) is 0 Å². The average Bonchev–Trinajstić information content (AvgIpc) is 2.79. The summed E-state index contributed by atoms with van der Waals surface area (Å²) in [6, 6.07) is 10.4. The summed E-state index contributed by atoms with van der Waals surface area (Å²) in [5.41, 5.74) is 2.44. The van der Waals surface area contributed by atoms with Crippen LogP contribution in [0.15, 0.2) is 42.7 Å². The Balaban J connectivity index is 1.29. The first-order valence-corrected chi connectivity index (χ1v) is 10.4. The first-order valence-electron chi connectivity index (χ1n) is 10.4. The Morgan fingerprint density at radius 3 is 2.43 bits per heavy atom. The van der Waals surface area contributed by atoms with E-state index >= 15 is 0 Å². The quantitative estimate of drug-likeness (QED) is 0.865. The minimum absolute atomic E-state index is 0.00909. The Labute approximate surface area is 167 Å². The highest BCUT2D eigenvalue weighted by molar-refractivity contribution is 5.79. The van der Waals surface area contributed by atoms with Gasteiger partial charge in [0.25, 0.3) is 0 Å². The number of amides is 1. The molecular formula is C22H29N5O. The van der Waals surface area contributed by atoms with Gasteiger partial charge in [-0.05, 0) is 55.9 Å². The van der Waals surface area contributed by atoms with E-state index in [-0.39, 0.29) is 11.8 Å². The summed E-state index contributed by atoms with van der Waals surface area (Å²) >= 11 is 0. The third-order valence-electron chi connectivity index (χ3n) is 5.75. The molecule has 0 aliphatic carbocycles. The van der Waals surface area contributed by atoms with Crippen molar-refractivity contribution in [2.75, 3.05) is 36.0 Å². The second-order valence-electron chi connectivity index (χ2n) is 7.77. The normalized spacial score (nSPS) is 20.1. The lowest BCUT2D eigenvalue weighted by Crippen LogP contribution is -2.43. The van der Waals surface area contributed by atoms with Crippen molar-refractivity contribution in [3.8, 4) is 0 Å². The molecule has 3 heterocycles. The van der Waals surface area contributed by atoms with E-state index in [1.54, 1.807) is 12.4 Å². The first-order chi connectivity index (χ1) is 13.8. The van der Waals surface area contributed by atoms with Crippen molar-refractivity contribution in [3.63, 3.8) is 0 Å². The topological polar surface area (TPSA) is 61.4 Å². The van der Waals surface area contributed by atoms with Crippen LogP contribution < -0.4 is 15.1 Å². The van der Waals surface area contributed by atoms with Crippen LogP contribution >= 0.6 is 0 Å². The third-order valence-corrected chi connectivity index (χ3v) is 5.75. The molecule has 1 N–H and O–H groups in total. The van der Waals surface area contributed by atoms with Gasteiger partial charge in [-0.1, -0.05) is 12.1 Å². The van der Waals surface area contributed by atoms with E-state index in [0.717, 1.165) is 38.0 Å². The van der Waals surface area contributed by atoms with Crippen LogP contribution in [0.1, 0.15) is 37.7 Å². The van der Waals surface area contributed by atoms with Crippen LogP contribution in [0.3, 0.4) is 0 Å². The maximum Gasteiger partial charge on any atom is 0.225 e. The molecule has 2 aromatic rings. The van der Waals surface area contributed by atoms with Crippen LogP contribution in [0.25, 0.3) is 0 Å². The molecule has 2 aliphatic heterocycles. The highest BCUT2D eigenvalue weighted by atomic mass is 16.1. The van der Waals surface area contributed by atoms with Crippen molar-refractivity contribution < 1.29 is 4.79 Å². The van der Waals surface area contributed by atoms with E-state index in [1.165, 1.54) is 24.9 Å². The van der Waals surface area contributed by atoms with E-state index in [4.69, 9.17) is 0 Å². The average molecular weight is 380 g/mol. The fourth-order valence-corrected chi connectivity index (χ4v) is 4.14. The third kappa shape index (κ3) is 4.61. The maximum atomic E-state index is 12.7. The molecule has 2 aliphatic rings. The summed E-state index contributed by atoms with van der Waals surface area (Å²) in [5, 5.41) is 3.12. The number of carbonyl (C=O) groups is 1. The second kappa shape index (κ2) is 9.04. The number of nitrogens with one attached hydrogen (secondary N) is 1. The minimum atomic E-state index is -0.00909. The van der Waals surface area contributed by atoms with Gasteiger partial charge >= 0.3 is 0 Å². The number of carbonyl (C=O) groups excluding carboxylic acids is 1. The molecule has 2 fully saturated rings. The van der Waals surface area contributed by atoms with Gasteiger partial charge in [-0.3, -0.25) is 4.79 Å². The smallest absolute Gasteiger partial charge is 0.225 e. The molecule has 2 saturated heterocycles. The maximum absolute atomic E-state index is 12.7. The predicted molar refractivity (Wildman–Crippen MR) is 111 cm³/mol. The Morgan fingerprint density at radius 2 is 1.68 bits per heavy atom. The monoisotopic (exact) mass is 379 g/mol. The van der Waals surface area contributed by atoms with Crippen LogP contribution in [-0.2, 0) is 11.3 Å². The van der Waals surface area contributed by atoms with E-state index < -0.39 is 0 Å². The molecule has 6 nitrogen and oxygen atoms in total. The fourth-order valence-electron chi connectivity index (χ4n) is 4.14. The Kier molecular flexibility index (Phi) is 6.04. The van der Waals surface area contributed by atoms with Gasteiger partial charge in [-0.25, -0.2) is 9.97 Å². The zero-order valence-corrected chi connectivity index (χ0v) is 16.4. The number of nitrogens with zero attached hydrogens (tertiary/aromatic N) is 4. The van der Waals surface area contributed by atoms with Gasteiger partial charge in [0, 0.05) is 50.8 Å². The van der Waals surface area contributed by atoms with Crippen molar-refractivity contribution in [2.24, 2.45) is 5.92 Å². The molecule has 1 aromatic heterocycles. The highest BCUT2D eigenvalue weighted by Gasteiger charge is 2.26. The van der Waals surface area contributed by atoms with Gasteiger partial charge in [0.1, 0.15) is 0 Å². The Hall–Kier alpha value is -2.63. The molecule has 1 amide bonds. The van der Waals surface area contributed by atoms with Crippen molar-refractivity contribution in [3.05, 3.63) is 48.3 Å². The summed E-state index contributed by atoms with van der Waals surface area (Å²) in [7, 11) is 0. The van der Waals surface area contributed by atoms with Crippen LogP contribution in [0.4, 0.5) is 11.6 Å². The van der Waals surface area contributed by atoms with Gasteiger partial charge in [-0.2, -0.15) is 0 Å². The van der Waals surface area contributed by atoms with Crippen molar-refractivity contribution in [2.45, 2.75) is 38.6 Å². The summed E-state index contributed by atoms with van der Waals surface area (Å²) in [5.74, 6) is 0.833. The number of aromatic nitrogens is 2. The standard InChI is InChI=1S/C22H29N5O/c28-21(19-6-4-15-27(17-19)22-23-11-5-12-24-22)25-16-18-7-9-20(10-8-18)26-13-2-1-3-14-26/h5,7-12,19H,1-4,6,13-17H2,(H,25,28)/t19-/m0/s1. The second-order valence-corrected chi connectivity index (χ2v) is 7.77. The fraction of sp³-hybridized carbons (Fsp3) is 0.500. The number of anilines is 2. The van der Waals surface area contributed by atoms with Gasteiger partial charge in [-0.15, -0.1) is 0 Å². The molecule has 0 saturated carbocycles. The zero-order valence-electron chi connectivity index (χ0n) is 16.4.